The number of carbonyl (C=O) groups is 1. The number of halogens is 3. The van der Waals surface area contributed by atoms with Gasteiger partial charge in [0.25, 0.3) is 0 Å². The maximum Gasteiger partial charge on any atom is 0.319 e. The van der Waals surface area contributed by atoms with Crippen LogP contribution in [0.1, 0.15) is 0 Å². The van der Waals surface area contributed by atoms with Crippen molar-refractivity contribution < 1.29 is 14.3 Å². The van der Waals surface area contributed by atoms with Crippen molar-refractivity contribution in [2.24, 2.45) is 0 Å². The van der Waals surface area contributed by atoms with E-state index >= 15 is 0 Å². The van der Waals surface area contributed by atoms with Gasteiger partial charge in [-0.15, -0.1) is 0 Å². The Kier molecular flexibility index (Phi) is 6.05. The van der Waals surface area contributed by atoms with E-state index < -0.39 is 16.1 Å². The molecule has 1 atom stereocenters. The lowest BCUT2D eigenvalue weighted by Gasteiger charge is -2.27. The van der Waals surface area contributed by atoms with Crippen LogP contribution < -0.4 is 14.8 Å². The molecule has 0 saturated carbocycles. The average Bonchev–Trinajstić information content (AvgIpc) is 2.37. The van der Waals surface area contributed by atoms with Gasteiger partial charge in [0.2, 0.25) is 10.0 Å². The van der Waals surface area contributed by atoms with E-state index in [9.17, 15) is 4.79 Å². The van der Waals surface area contributed by atoms with E-state index in [1.807, 2.05) is 0 Å². The summed E-state index contributed by atoms with van der Waals surface area (Å²) in [5.41, 5.74) is 0. The molecule has 0 heterocycles. The fourth-order valence-corrected chi connectivity index (χ4v) is 1.51. The zero-order valence-corrected chi connectivity index (χ0v) is 13.5. The van der Waals surface area contributed by atoms with Gasteiger partial charge in [0.15, 0.2) is 0 Å². The first-order chi connectivity index (χ1) is 9.24. The van der Waals surface area contributed by atoms with Gasteiger partial charge in [0.05, 0.1) is 7.11 Å². The Morgan fingerprint density at radius 3 is 2.10 bits per heavy atom. The minimum absolute atomic E-state index is 0.432. The second-order valence-corrected chi connectivity index (χ2v) is 6.43. The van der Waals surface area contributed by atoms with Crippen molar-refractivity contribution >= 4 is 40.8 Å². The fraction of sp³-hybridized carbons (Fsp3) is 0.417. The van der Waals surface area contributed by atoms with Crippen molar-refractivity contribution in [3.8, 4) is 11.5 Å². The number of hydrogen-bond acceptors (Lipinski definition) is 3. The second kappa shape index (κ2) is 7.11. The average molecular weight is 342 g/mol. The molecule has 0 aromatic heterocycles. The predicted molar refractivity (Wildman–Crippen MR) is 79.9 cm³/mol. The molecule has 0 radical (unpaired) electrons. The van der Waals surface area contributed by atoms with Crippen molar-refractivity contribution in [3.05, 3.63) is 24.3 Å². The Morgan fingerprint density at radius 1 is 1.20 bits per heavy atom. The minimum Gasteiger partial charge on any atom is -0.497 e. The smallest absolute Gasteiger partial charge is 0.319 e. The van der Waals surface area contributed by atoms with Gasteiger partial charge in [-0.3, -0.25) is 5.32 Å². The molecular formula is C12H15Cl3N2O3. The van der Waals surface area contributed by atoms with Crippen LogP contribution in [0.15, 0.2) is 24.3 Å². The molecule has 5 nitrogen and oxygen atoms in total. The SMILES string of the molecule is COc1ccc(OC(NC(=O)N(C)C)C(Cl)(Cl)Cl)cc1. The number of urea groups is 1. The van der Waals surface area contributed by atoms with Gasteiger partial charge >= 0.3 is 6.03 Å². The number of alkyl halides is 3. The molecule has 20 heavy (non-hydrogen) atoms. The van der Waals surface area contributed by atoms with Gasteiger partial charge in [-0.2, -0.15) is 0 Å². The van der Waals surface area contributed by atoms with E-state index in [-0.39, 0.29) is 0 Å². The van der Waals surface area contributed by atoms with Gasteiger partial charge in [-0.25, -0.2) is 4.79 Å². The number of methoxy groups -OCH3 is 1. The fourth-order valence-electron chi connectivity index (χ4n) is 1.21. The van der Waals surface area contributed by atoms with Gasteiger partial charge in [0.1, 0.15) is 11.5 Å². The molecule has 0 aliphatic heterocycles. The quantitative estimate of drug-likeness (QED) is 0.676. The maximum absolute atomic E-state index is 11.6. The van der Waals surface area contributed by atoms with Crippen LogP contribution in [-0.2, 0) is 0 Å². The summed E-state index contributed by atoms with van der Waals surface area (Å²) in [6, 6.07) is 6.24. The highest BCUT2D eigenvalue weighted by Crippen LogP contribution is 2.32. The summed E-state index contributed by atoms with van der Waals surface area (Å²) < 4.78 is 8.70. The number of benzene rings is 1. The molecule has 0 saturated heterocycles. The molecule has 1 rings (SSSR count). The Bertz CT molecular complexity index is 446. The Hall–Kier alpha value is -1.04. The molecule has 0 spiro atoms. The number of nitrogens with zero attached hydrogens (tertiary/aromatic N) is 1. The van der Waals surface area contributed by atoms with Crippen molar-refractivity contribution in [2.75, 3.05) is 21.2 Å². The summed E-state index contributed by atoms with van der Waals surface area (Å²) in [6.07, 6.45) is -1.13. The third-order valence-electron chi connectivity index (χ3n) is 2.27. The Labute approximate surface area is 132 Å². The zero-order valence-electron chi connectivity index (χ0n) is 11.2. The topological polar surface area (TPSA) is 50.8 Å². The third kappa shape index (κ3) is 5.15. The lowest BCUT2D eigenvalue weighted by atomic mass is 10.3. The highest BCUT2D eigenvalue weighted by Gasteiger charge is 2.36. The second-order valence-electron chi connectivity index (χ2n) is 4.06. The van der Waals surface area contributed by atoms with Crippen LogP contribution in [-0.4, -0.2) is 42.2 Å². The Balaban J connectivity index is 2.81. The van der Waals surface area contributed by atoms with Crippen LogP contribution in [0.3, 0.4) is 0 Å². The molecule has 1 aromatic rings. The first kappa shape index (κ1) is 17.0. The first-order valence-corrected chi connectivity index (χ1v) is 6.72. The molecule has 0 aliphatic carbocycles. The van der Waals surface area contributed by atoms with Gasteiger partial charge in [-0.05, 0) is 24.3 Å². The maximum atomic E-state index is 11.6. The van der Waals surface area contributed by atoms with Crippen LogP contribution in [0.25, 0.3) is 0 Å². The van der Waals surface area contributed by atoms with Gasteiger partial charge in [-0.1, -0.05) is 34.8 Å². The standard InChI is InChI=1S/C12H15Cl3N2O3/c1-17(2)11(18)16-10(12(13,14)15)20-9-6-4-8(19-3)5-7-9/h4-7,10H,1-3H3,(H,16,18). The molecule has 112 valence electrons. The first-order valence-electron chi connectivity index (χ1n) is 5.59. The molecule has 8 heteroatoms. The minimum atomic E-state index is -1.81. The molecule has 0 bridgehead atoms. The van der Waals surface area contributed by atoms with Crippen molar-refractivity contribution in [2.45, 2.75) is 10.0 Å². The summed E-state index contributed by atoms with van der Waals surface area (Å²) in [5, 5.41) is 2.47. The summed E-state index contributed by atoms with van der Waals surface area (Å²) in [5.74, 6) is 1.10. The summed E-state index contributed by atoms with van der Waals surface area (Å²) >= 11 is 17.4. The van der Waals surface area contributed by atoms with Crippen LogP contribution in [0.4, 0.5) is 4.79 Å². The molecule has 1 aromatic carbocycles. The van der Waals surface area contributed by atoms with E-state index in [0.717, 1.165) is 0 Å². The largest absolute Gasteiger partial charge is 0.497 e. The highest BCUT2D eigenvalue weighted by molar-refractivity contribution is 6.68. The number of nitrogens with one attached hydrogen (secondary N) is 1. The lowest BCUT2D eigenvalue weighted by molar-refractivity contribution is 0.153. The normalized spacial score (nSPS) is 12.5. The van der Waals surface area contributed by atoms with Crippen LogP contribution in [0.2, 0.25) is 0 Å². The molecule has 0 fully saturated rings. The highest BCUT2D eigenvalue weighted by atomic mass is 35.6. The van der Waals surface area contributed by atoms with E-state index in [4.69, 9.17) is 44.3 Å². The lowest BCUT2D eigenvalue weighted by Crippen LogP contribution is -2.50. The summed E-state index contributed by atoms with van der Waals surface area (Å²) in [6.45, 7) is 0. The van der Waals surface area contributed by atoms with Crippen molar-refractivity contribution in [3.63, 3.8) is 0 Å². The van der Waals surface area contributed by atoms with Gasteiger partial charge in [0, 0.05) is 14.1 Å². The number of carbonyl (C=O) groups excluding carboxylic acids is 1. The number of hydrogen-bond donors (Lipinski definition) is 1. The zero-order chi connectivity index (χ0) is 15.3. The van der Waals surface area contributed by atoms with Crippen LogP contribution >= 0.6 is 34.8 Å². The van der Waals surface area contributed by atoms with E-state index in [2.05, 4.69) is 5.32 Å². The molecule has 0 aliphatic rings. The summed E-state index contributed by atoms with van der Waals surface area (Å²) in [4.78, 5) is 12.9. The van der Waals surface area contributed by atoms with Crippen LogP contribution in [0, 0.1) is 0 Å². The van der Waals surface area contributed by atoms with Crippen molar-refractivity contribution in [1.82, 2.24) is 10.2 Å². The van der Waals surface area contributed by atoms with Gasteiger partial charge < -0.3 is 14.4 Å². The molecule has 2 amide bonds. The predicted octanol–water partition coefficient (Wildman–Crippen LogP) is 3.04. The van der Waals surface area contributed by atoms with E-state index in [1.54, 1.807) is 45.5 Å². The number of amides is 2. The monoisotopic (exact) mass is 340 g/mol. The van der Waals surface area contributed by atoms with E-state index in [0.29, 0.717) is 11.5 Å². The Morgan fingerprint density at radius 2 is 1.70 bits per heavy atom. The number of ether oxygens (including phenoxy) is 2. The van der Waals surface area contributed by atoms with Crippen molar-refractivity contribution in [1.29, 1.82) is 0 Å². The summed E-state index contributed by atoms with van der Waals surface area (Å²) in [7, 11) is 4.69. The number of rotatable bonds is 4. The molecular weight excluding hydrogens is 327 g/mol. The molecule has 1 unspecified atom stereocenters. The third-order valence-corrected chi connectivity index (χ3v) is 2.87. The van der Waals surface area contributed by atoms with E-state index in [1.165, 1.54) is 4.90 Å². The van der Waals surface area contributed by atoms with Crippen LogP contribution in [0.5, 0.6) is 11.5 Å². The molecule has 1 N–H and O–H groups in total.